The number of halogens is 1. The fourth-order valence-electron chi connectivity index (χ4n) is 3.04. The highest BCUT2D eigenvalue weighted by atomic mass is 35.5. The number of hydrogen-bond donors (Lipinski definition) is 1. The van der Waals surface area contributed by atoms with Crippen molar-refractivity contribution in [2.24, 2.45) is 14.1 Å². The van der Waals surface area contributed by atoms with E-state index in [1.54, 1.807) is 39.2 Å². The summed E-state index contributed by atoms with van der Waals surface area (Å²) in [6.07, 6.45) is 0. The maximum atomic E-state index is 13.4. The number of benzene rings is 2. The molecule has 0 unspecified atom stereocenters. The monoisotopic (exact) mass is 436 g/mol. The largest absolute Gasteiger partial charge is 0.358 e. The fourth-order valence-corrected chi connectivity index (χ4v) is 4.64. The number of fused-ring (bicyclic) bond motifs is 1. The molecule has 0 atom stereocenters. The van der Waals surface area contributed by atoms with Crippen molar-refractivity contribution in [3.05, 3.63) is 57.5 Å². The summed E-state index contributed by atoms with van der Waals surface area (Å²) in [5, 5.41) is 2.83. The third-order valence-corrected chi connectivity index (χ3v) is 7.02. The van der Waals surface area contributed by atoms with Crippen LogP contribution in [0.1, 0.15) is 5.56 Å². The summed E-state index contributed by atoms with van der Waals surface area (Å²) >= 11 is 6.18. The molecule has 0 saturated carbocycles. The lowest BCUT2D eigenvalue weighted by Gasteiger charge is -2.24. The average Bonchev–Trinajstić information content (AvgIpc) is 2.91. The maximum Gasteiger partial charge on any atom is 0.328 e. The summed E-state index contributed by atoms with van der Waals surface area (Å²) in [7, 11) is 0.509. The Kier molecular flexibility index (Phi) is 5.46. The maximum absolute atomic E-state index is 13.4. The lowest BCUT2D eigenvalue weighted by molar-refractivity contribution is -0.119. The van der Waals surface area contributed by atoms with Crippen LogP contribution in [-0.2, 0) is 28.9 Å². The highest BCUT2D eigenvalue weighted by molar-refractivity contribution is 7.92. The molecule has 0 aliphatic heterocycles. The lowest BCUT2D eigenvalue weighted by Crippen LogP contribution is -2.39. The number of likely N-dealkylation sites (N-methyl/N-ethyl adjacent to an activating group) is 1. The smallest absolute Gasteiger partial charge is 0.328 e. The molecule has 0 aliphatic carbocycles. The van der Waals surface area contributed by atoms with Crippen LogP contribution in [-0.4, -0.2) is 37.1 Å². The molecule has 2 aromatic carbocycles. The number of anilines is 1. The Labute approximate surface area is 173 Å². The number of carbonyl (C=O) groups is 1. The van der Waals surface area contributed by atoms with Crippen molar-refractivity contribution in [2.45, 2.75) is 11.8 Å². The molecule has 0 bridgehead atoms. The van der Waals surface area contributed by atoms with Crippen LogP contribution in [0.5, 0.6) is 0 Å². The molecular formula is C19H21ClN4O4S. The normalized spacial score (nSPS) is 11.6. The number of sulfonamides is 1. The van der Waals surface area contributed by atoms with Crippen LogP contribution in [0.15, 0.2) is 46.1 Å². The van der Waals surface area contributed by atoms with Gasteiger partial charge in [0.2, 0.25) is 5.91 Å². The van der Waals surface area contributed by atoms with Crippen LogP contribution < -0.4 is 15.3 Å². The molecule has 0 spiro atoms. The van der Waals surface area contributed by atoms with Crippen LogP contribution in [0, 0.1) is 6.92 Å². The minimum atomic E-state index is -4.11. The van der Waals surface area contributed by atoms with Gasteiger partial charge in [0.05, 0.1) is 21.6 Å². The molecule has 29 heavy (non-hydrogen) atoms. The molecular weight excluding hydrogens is 416 g/mol. The number of nitrogens with one attached hydrogen (secondary N) is 1. The highest BCUT2D eigenvalue weighted by Crippen LogP contribution is 2.29. The van der Waals surface area contributed by atoms with Gasteiger partial charge in [-0.3, -0.25) is 18.2 Å². The average molecular weight is 437 g/mol. The second-order valence-electron chi connectivity index (χ2n) is 6.67. The molecule has 10 heteroatoms. The lowest BCUT2D eigenvalue weighted by atomic mass is 10.2. The van der Waals surface area contributed by atoms with Crippen molar-refractivity contribution in [3.8, 4) is 0 Å². The van der Waals surface area contributed by atoms with Gasteiger partial charge in [0.25, 0.3) is 10.0 Å². The molecule has 0 saturated heterocycles. The Bertz CT molecular complexity index is 1280. The number of aryl methyl sites for hydroxylation is 3. The van der Waals surface area contributed by atoms with E-state index in [-0.39, 0.29) is 16.3 Å². The van der Waals surface area contributed by atoms with Crippen molar-refractivity contribution in [3.63, 3.8) is 0 Å². The van der Waals surface area contributed by atoms with Crippen LogP contribution in [0.2, 0.25) is 5.02 Å². The first-order valence-electron chi connectivity index (χ1n) is 8.73. The zero-order valence-corrected chi connectivity index (χ0v) is 18.0. The predicted molar refractivity (Wildman–Crippen MR) is 113 cm³/mol. The molecule has 0 radical (unpaired) electrons. The van der Waals surface area contributed by atoms with E-state index in [4.69, 9.17) is 11.6 Å². The van der Waals surface area contributed by atoms with Crippen LogP contribution in [0.25, 0.3) is 11.0 Å². The molecule has 3 rings (SSSR count). The van der Waals surface area contributed by atoms with Crippen LogP contribution in [0.3, 0.4) is 0 Å². The van der Waals surface area contributed by atoms with Gasteiger partial charge in [0, 0.05) is 26.2 Å². The molecule has 0 fully saturated rings. The number of amides is 1. The Morgan fingerprint density at radius 2 is 1.76 bits per heavy atom. The van der Waals surface area contributed by atoms with Crippen molar-refractivity contribution >= 4 is 44.3 Å². The van der Waals surface area contributed by atoms with Crippen molar-refractivity contribution in [1.82, 2.24) is 14.5 Å². The van der Waals surface area contributed by atoms with Crippen molar-refractivity contribution in [1.29, 1.82) is 0 Å². The quantitative estimate of drug-likeness (QED) is 0.659. The van der Waals surface area contributed by atoms with Gasteiger partial charge >= 0.3 is 5.69 Å². The SMILES string of the molecule is CNC(=O)CN(c1ccc(C)c(Cl)c1)S(=O)(=O)c1ccc2c(c1)n(C)c(=O)n2C. The number of aromatic nitrogens is 2. The van der Waals surface area contributed by atoms with Gasteiger partial charge in [0.1, 0.15) is 6.54 Å². The van der Waals surface area contributed by atoms with Crippen molar-refractivity contribution < 1.29 is 13.2 Å². The first-order valence-corrected chi connectivity index (χ1v) is 10.5. The van der Waals surface area contributed by atoms with E-state index in [2.05, 4.69) is 5.32 Å². The number of imidazole rings is 1. The Morgan fingerprint density at radius 1 is 1.10 bits per heavy atom. The van der Waals surface area contributed by atoms with Gasteiger partial charge in [0.15, 0.2) is 0 Å². The van der Waals surface area contributed by atoms with Gasteiger partial charge in [-0.1, -0.05) is 17.7 Å². The van der Waals surface area contributed by atoms with E-state index in [0.717, 1.165) is 9.87 Å². The van der Waals surface area contributed by atoms with Gasteiger partial charge < -0.3 is 5.32 Å². The zero-order valence-electron chi connectivity index (χ0n) is 16.4. The second kappa shape index (κ2) is 7.57. The summed E-state index contributed by atoms with van der Waals surface area (Å²) in [4.78, 5) is 24.2. The Hall–Kier alpha value is -2.78. The molecule has 1 heterocycles. The Morgan fingerprint density at radius 3 is 2.38 bits per heavy atom. The third-order valence-electron chi connectivity index (χ3n) is 4.84. The molecule has 3 aromatic rings. The number of nitrogens with zero attached hydrogens (tertiary/aromatic N) is 3. The topological polar surface area (TPSA) is 93.4 Å². The fraction of sp³-hybridized carbons (Fsp3) is 0.263. The third kappa shape index (κ3) is 3.63. The minimum absolute atomic E-state index is 0.0354. The Balaban J connectivity index is 2.19. The van der Waals surface area contributed by atoms with Gasteiger partial charge in [-0.2, -0.15) is 0 Å². The summed E-state index contributed by atoms with van der Waals surface area (Å²) in [6, 6.07) is 9.22. The van der Waals surface area contributed by atoms with Crippen LogP contribution >= 0.6 is 11.6 Å². The second-order valence-corrected chi connectivity index (χ2v) is 8.94. The number of rotatable bonds is 5. The molecule has 8 nitrogen and oxygen atoms in total. The molecule has 0 aliphatic rings. The van der Waals surface area contributed by atoms with Crippen molar-refractivity contribution in [2.75, 3.05) is 17.9 Å². The van der Waals surface area contributed by atoms with Gasteiger partial charge in [-0.05, 0) is 42.8 Å². The standard InChI is InChI=1S/C19H21ClN4O4S/c1-12-5-6-13(9-15(12)20)24(11-18(25)21-2)29(27,28)14-7-8-16-17(10-14)23(4)19(26)22(16)3/h5-10H,11H2,1-4H3,(H,21,25). The van der Waals surface area contributed by atoms with E-state index in [1.807, 2.05) is 0 Å². The molecule has 1 aromatic heterocycles. The van der Waals surface area contributed by atoms with Crippen LogP contribution in [0.4, 0.5) is 5.69 Å². The van der Waals surface area contributed by atoms with E-state index in [9.17, 15) is 18.0 Å². The molecule has 154 valence electrons. The summed E-state index contributed by atoms with van der Waals surface area (Å²) in [5.74, 6) is -0.474. The van der Waals surface area contributed by atoms with E-state index < -0.39 is 22.5 Å². The number of hydrogen-bond acceptors (Lipinski definition) is 4. The zero-order chi connectivity index (χ0) is 21.5. The van der Waals surface area contributed by atoms with E-state index in [0.29, 0.717) is 16.1 Å². The minimum Gasteiger partial charge on any atom is -0.358 e. The van der Waals surface area contributed by atoms with E-state index >= 15 is 0 Å². The predicted octanol–water partition coefficient (Wildman–Crippen LogP) is 1.78. The highest BCUT2D eigenvalue weighted by Gasteiger charge is 2.28. The first kappa shape index (κ1) is 20.9. The molecule has 1 amide bonds. The van der Waals surface area contributed by atoms with Gasteiger partial charge in [-0.15, -0.1) is 0 Å². The van der Waals surface area contributed by atoms with E-state index in [1.165, 1.54) is 34.4 Å². The summed E-state index contributed by atoms with van der Waals surface area (Å²) in [5.41, 5.74) is 1.87. The summed E-state index contributed by atoms with van der Waals surface area (Å²) in [6.45, 7) is 1.39. The number of carbonyl (C=O) groups excluding carboxylic acids is 1. The summed E-state index contributed by atoms with van der Waals surface area (Å²) < 4.78 is 30.7. The molecule has 1 N–H and O–H groups in total. The van der Waals surface area contributed by atoms with Gasteiger partial charge in [-0.25, -0.2) is 13.2 Å². The first-order chi connectivity index (χ1) is 13.6.